The number of nitrogens with one attached hydrogen (secondary N) is 1. The van der Waals surface area contributed by atoms with Crippen LogP contribution >= 0.6 is 23.2 Å². The van der Waals surface area contributed by atoms with E-state index in [2.05, 4.69) is 0 Å². The lowest BCUT2D eigenvalue weighted by atomic mass is 10.1. The molecule has 0 bridgehead atoms. The van der Waals surface area contributed by atoms with Crippen LogP contribution in [0.4, 0.5) is 13.2 Å². The van der Waals surface area contributed by atoms with E-state index in [-0.39, 0.29) is 27.6 Å². The van der Waals surface area contributed by atoms with Crippen LogP contribution in [0.1, 0.15) is 28.4 Å². The Bertz CT molecular complexity index is 572. The minimum Gasteiger partial charge on any atom is -0.341 e. The van der Waals surface area contributed by atoms with Crippen molar-refractivity contribution in [2.24, 2.45) is 0 Å². The van der Waals surface area contributed by atoms with Crippen LogP contribution in [0.3, 0.4) is 0 Å². The second kappa shape index (κ2) is 4.68. The third-order valence-corrected chi connectivity index (χ3v) is 3.23. The molecule has 19 heavy (non-hydrogen) atoms. The number of hydrogen-bond donors (Lipinski definition) is 1. The fourth-order valence-corrected chi connectivity index (χ4v) is 2.56. The number of alkyl halides is 3. The summed E-state index contributed by atoms with van der Waals surface area (Å²) in [5.41, 5.74) is 0.318. The molecule has 1 aromatic rings. The molecule has 0 aliphatic heterocycles. The summed E-state index contributed by atoms with van der Waals surface area (Å²) in [6.07, 6.45) is -5.28. The standard InChI is InChI=1S/C11H6Cl2F3NO2/c12-4-1-5-8(18)3-7(9(5)6(13)2-4)17-10(19)11(14,15)16/h1-2,7H,3H2,(H,17,19). The fraction of sp³-hybridized carbons (Fsp3) is 0.273. The average Bonchev–Trinajstić information content (AvgIpc) is 2.54. The first kappa shape index (κ1) is 14.1. The van der Waals surface area contributed by atoms with Crippen LogP contribution in [0.2, 0.25) is 10.0 Å². The zero-order chi connectivity index (χ0) is 14.4. The molecule has 102 valence electrons. The summed E-state index contributed by atoms with van der Waals surface area (Å²) >= 11 is 11.6. The summed E-state index contributed by atoms with van der Waals surface area (Å²) in [6.45, 7) is 0. The SMILES string of the molecule is O=C1CC(NC(=O)C(F)(F)F)c2c(Cl)cc(Cl)cc21. The van der Waals surface area contributed by atoms with Gasteiger partial charge in [-0.25, -0.2) is 0 Å². The number of halogens is 5. The number of carbonyl (C=O) groups excluding carboxylic acids is 2. The van der Waals surface area contributed by atoms with E-state index in [0.717, 1.165) is 0 Å². The third-order valence-electron chi connectivity index (χ3n) is 2.70. The van der Waals surface area contributed by atoms with Gasteiger partial charge in [0.2, 0.25) is 0 Å². The number of carbonyl (C=O) groups is 2. The predicted octanol–water partition coefficient (Wildman–Crippen LogP) is 3.30. The van der Waals surface area contributed by atoms with Crippen LogP contribution in [0, 0.1) is 0 Å². The zero-order valence-corrected chi connectivity index (χ0v) is 10.7. The summed E-state index contributed by atoms with van der Waals surface area (Å²) in [7, 11) is 0. The number of hydrogen-bond acceptors (Lipinski definition) is 2. The molecule has 1 atom stereocenters. The van der Waals surface area contributed by atoms with E-state index >= 15 is 0 Å². The van der Waals surface area contributed by atoms with Crippen molar-refractivity contribution in [3.05, 3.63) is 33.3 Å². The first-order valence-corrected chi connectivity index (χ1v) is 5.85. The second-order valence-electron chi connectivity index (χ2n) is 4.00. The van der Waals surface area contributed by atoms with Crippen LogP contribution in [0.25, 0.3) is 0 Å². The normalized spacial score (nSPS) is 18.4. The van der Waals surface area contributed by atoms with Gasteiger partial charge >= 0.3 is 12.1 Å². The third kappa shape index (κ3) is 2.69. The van der Waals surface area contributed by atoms with Crippen molar-refractivity contribution >= 4 is 34.9 Å². The van der Waals surface area contributed by atoms with Gasteiger partial charge in [0.15, 0.2) is 5.78 Å². The molecular weight excluding hydrogens is 306 g/mol. The molecule has 1 aromatic carbocycles. The van der Waals surface area contributed by atoms with Gasteiger partial charge in [0.25, 0.3) is 0 Å². The molecule has 1 amide bonds. The Morgan fingerprint density at radius 2 is 1.95 bits per heavy atom. The number of fused-ring (bicyclic) bond motifs is 1. The van der Waals surface area contributed by atoms with Gasteiger partial charge in [0, 0.05) is 27.6 Å². The van der Waals surface area contributed by atoms with Crippen LogP contribution in [-0.2, 0) is 4.79 Å². The predicted molar refractivity (Wildman–Crippen MR) is 62.3 cm³/mol. The highest BCUT2D eigenvalue weighted by Gasteiger charge is 2.42. The van der Waals surface area contributed by atoms with Crippen molar-refractivity contribution < 1.29 is 22.8 Å². The van der Waals surface area contributed by atoms with Gasteiger partial charge in [-0.3, -0.25) is 9.59 Å². The number of ketones is 1. The Morgan fingerprint density at radius 3 is 2.53 bits per heavy atom. The first-order chi connectivity index (χ1) is 8.70. The van der Waals surface area contributed by atoms with Crippen LogP contribution in [0.5, 0.6) is 0 Å². The lowest BCUT2D eigenvalue weighted by Crippen LogP contribution is -2.38. The maximum atomic E-state index is 12.2. The Balaban J connectivity index is 2.35. The van der Waals surface area contributed by atoms with Crippen molar-refractivity contribution in [1.82, 2.24) is 5.32 Å². The Morgan fingerprint density at radius 1 is 1.32 bits per heavy atom. The molecule has 1 N–H and O–H groups in total. The lowest BCUT2D eigenvalue weighted by molar-refractivity contribution is -0.174. The van der Waals surface area contributed by atoms with E-state index in [9.17, 15) is 22.8 Å². The summed E-state index contributed by atoms with van der Waals surface area (Å²) in [4.78, 5) is 22.6. The molecule has 0 heterocycles. The largest absolute Gasteiger partial charge is 0.471 e. The maximum absolute atomic E-state index is 12.2. The van der Waals surface area contributed by atoms with Crippen LogP contribution in [-0.4, -0.2) is 17.9 Å². The second-order valence-corrected chi connectivity index (χ2v) is 4.84. The molecule has 1 aliphatic rings. The van der Waals surface area contributed by atoms with E-state index in [0.29, 0.717) is 0 Å². The molecule has 0 fully saturated rings. The highest BCUT2D eigenvalue weighted by molar-refractivity contribution is 6.36. The molecule has 0 radical (unpaired) electrons. The number of Topliss-reactive ketones (excluding diaryl/α,β-unsaturated/α-hetero) is 1. The van der Waals surface area contributed by atoms with Gasteiger partial charge in [-0.1, -0.05) is 23.2 Å². The first-order valence-electron chi connectivity index (χ1n) is 5.10. The number of rotatable bonds is 1. The summed E-state index contributed by atoms with van der Waals surface area (Å²) in [5.74, 6) is -2.52. The van der Waals surface area contributed by atoms with Crippen LogP contribution < -0.4 is 5.32 Å². The van der Waals surface area contributed by atoms with Gasteiger partial charge in [-0.2, -0.15) is 13.2 Å². The molecule has 0 aromatic heterocycles. The molecule has 1 aliphatic carbocycles. The van der Waals surface area contributed by atoms with Crippen molar-refractivity contribution in [3.8, 4) is 0 Å². The quantitative estimate of drug-likeness (QED) is 0.865. The van der Waals surface area contributed by atoms with Crippen molar-refractivity contribution in [1.29, 1.82) is 0 Å². The van der Waals surface area contributed by atoms with Crippen molar-refractivity contribution in [3.63, 3.8) is 0 Å². The van der Waals surface area contributed by atoms with E-state index in [1.807, 2.05) is 0 Å². The average molecular weight is 312 g/mol. The van der Waals surface area contributed by atoms with E-state index < -0.39 is 23.9 Å². The molecule has 0 saturated heterocycles. The van der Waals surface area contributed by atoms with Crippen molar-refractivity contribution in [2.45, 2.75) is 18.6 Å². The van der Waals surface area contributed by atoms with Gasteiger partial charge < -0.3 is 5.32 Å². The number of amides is 1. The highest BCUT2D eigenvalue weighted by Crippen LogP contribution is 2.38. The molecule has 2 rings (SSSR count). The molecule has 1 unspecified atom stereocenters. The topological polar surface area (TPSA) is 46.2 Å². The minimum absolute atomic E-state index is 0.0563. The zero-order valence-electron chi connectivity index (χ0n) is 9.15. The summed E-state index contributed by atoms with van der Waals surface area (Å²) in [6, 6.07) is 1.55. The van der Waals surface area contributed by atoms with E-state index in [1.165, 1.54) is 12.1 Å². The van der Waals surface area contributed by atoms with E-state index in [1.54, 1.807) is 5.32 Å². The smallest absolute Gasteiger partial charge is 0.341 e. The Labute approximate surface area is 115 Å². The monoisotopic (exact) mass is 311 g/mol. The van der Waals surface area contributed by atoms with Gasteiger partial charge in [0.1, 0.15) is 0 Å². The van der Waals surface area contributed by atoms with Crippen LogP contribution in [0.15, 0.2) is 12.1 Å². The molecule has 8 heteroatoms. The summed E-state index contributed by atoms with van der Waals surface area (Å²) in [5, 5.41) is 2.02. The van der Waals surface area contributed by atoms with Gasteiger partial charge in [-0.05, 0) is 12.1 Å². The molecule has 0 saturated carbocycles. The van der Waals surface area contributed by atoms with Gasteiger partial charge in [0.05, 0.1) is 6.04 Å². The maximum Gasteiger partial charge on any atom is 0.471 e. The Kier molecular flexibility index (Phi) is 3.49. The molecule has 0 spiro atoms. The minimum atomic E-state index is -5.01. The molecule has 3 nitrogen and oxygen atoms in total. The summed E-state index contributed by atoms with van der Waals surface area (Å²) < 4.78 is 36.6. The van der Waals surface area contributed by atoms with Crippen molar-refractivity contribution in [2.75, 3.05) is 0 Å². The molecular formula is C11H6Cl2F3NO2. The Hall–Kier alpha value is -1.27. The highest BCUT2D eigenvalue weighted by atomic mass is 35.5. The number of benzene rings is 1. The van der Waals surface area contributed by atoms with E-state index in [4.69, 9.17) is 23.2 Å². The van der Waals surface area contributed by atoms with Gasteiger partial charge in [-0.15, -0.1) is 0 Å². The fourth-order valence-electron chi connectivity index (χ4n) is 1.93. The lowest BCUT2D eigenvalue weighted by Gasteiger charge is -2.15.